The lowest BCUT2D eigenvalue weighted by Crippen LogP contribution is -2.48. The minimum Gasteiger partial charge on any atom is -0.342 e. The maximum atomic E-state index is 12.6. The van der Waals surface area contributed by atoms with Crippen molar-refractivity contribution in [3.05, 3.63) is 58.9 Å². The quantitative estimate of drug-likeness (QED) is 0.831. The second-order valence-corrected chi connectivity index (χ2v) is 6.30. The van der Waals surface area contributed by atoms with Crippen LogP contribution < -0.4 is 5.32 Å². The summed E-state index contributed by atoms with van der Waals surface area (Å²) in [5.41, 5.74) is 1.18. The molecule has 7 nitrogen and oxygen atoms in total. The second kappa shape index (κ2) is 7.97. The minimum absolute atomic E-state index is 0.208. The maximum absolute atomic E-state index is 12.6. The molecule has 3 rings (SSSR count). The highest BCUT2D eigenvalue weighted by atomic mass is 35.5. The third-order valence-corrected chi connectivity index (χ3v) is 4.32. The first-order valence-electron chi connectivity index (χ1n) is 8.07. The molecule has 0 atom stereocenters. The highest BCUT2D eigenvalue weighted by Gasteiger charge is 2.22. The van der Waals surface area contributed by atoms with Gasteiger partial charge in [0.15, 0.2) is 0 Å². The standard InChI is InChI=1S/C18H17ClN4O3/c19-15-2-1-3-16(9-15)21-17(25)13-8-14(11-20-10-13)18(26)23-6-4-22(12-24)5-7-23/h1-3,8-12H,4-7H2,(H,21,25). The van der Waals surface area contributed by atoms with E-state index >= 15 is 0 Å². The Hall–Kier alpha value is -2.93. The summed E-state index contributed by atoms with van der Waals surface area (Å²) in [6.45, 7) is 1.91. The van der Waals surface area contributed by atoms with Crippen LogP contribution in [0.5, 0.6) is 0 Å². The van der Waals surface area contributed by atoms with Crippen LogP contribution >= 0.6 is 11.6 Å². The zero-order chi connectivity index (χ0) is 18.5. The SMILES string of the molecule is O=CN1CCN(C(=O)c2cncc(C(=O)Nc3cccc(Cl)c3)c2)CC1. The fourth-order valence-corrected chi connectivity index (χ4v) is 2.85. The Morgan fingerprint density at radius 2 is 1.81 bits per heavy atom. The summed E-state index contributed by atoms with van der Waals surface area (Å²) < 4.78 is 0. The Morgan fingerprint density at radius 3 is 2.50 bits per heavy atom. The van der Waals surface area contributed by atoms with E-state index in [4.69, 9.17) is 11.6 Å². The van der Waals surface area contributed by atoms with Gasteiger partial charge in [-0.15, -0.1) is 0 Å². The first-order chi connectivity index (χ1) is 12.6. The van der Waals surface area contributed by atoms with E-state index in [0.717, 1.165) is 6.41 Å². The van der Waals surface area contributed by atoms with Gasteiger partial charge in [0.2, 0.25) is 6.41 Å². The first-order valence-corrected chi connectivity index (χ1v) is 8.45. The Morgan fingerprint density at radius 1 is 1.08 bits per heavy atom. The fourth-order valence-electron chi connectivity index (χ4n) is 2.66. The molecule has 0 radical (unpaired) electrons. The highest BCUT2D eigenvalue weighted by molar-refractivity contribution is 6.31. The van der Waals surface area contributed by atoms with Crippen LogP contribution in [-0.2, 0) is 4.79 Å². The van der Waals surface area contributed by atoms with Gasteiger partial charge in [-0.25, -0.2) is 0 Å². The number of halogens is 1. The minimum atomic E-state index is -0.375. The van der Waals surface area contributed by atoms with Crippen molar-refractivity contribution >= 4 is 35.5 Å². The van der Waals surface area contributed by atoms with Gasteiger partial charge in [0.25, 0.3) is 11.8 Å². The van der Waals surface area contributed by atoms with Crippen molar-refractivity contribution in [1.82, 2.24) is 14.8 Å². The number of hydrogen-bond donors (Lipinski definition) is 1. The van der Waals surface area contributed by atoms with Gasteiger partial charge in [-0.2, -0.15) is 0 Å². The van der Waals surface area contributed by atoms with E-state index in [9.17, 15) is 14.4 Å². The zero-order valence-corrected chi connectivity index (χ0v) is 14.6. The molecule has 1 saturated heterocycles. The second-order valence-electron chi connectivity index (χ2n) is 5.86. The predicted molar refractivity (Wildman–Crippen MR) is 97.2 cm³/mol. The van der Waals surface area contributed by atoms with E-state index in [2.05, 4.69) is 10.3 Å². The molecule has 3 amide bonds. The molecule has 0 spiro atoms. The average Bonchev–Trinajstić information content (AvgIpc) is 2.67. The molecule has 1 aromatic heterocycles. The number of piperazine rings is 1. The normalized spacial score (nSPS) is 14.0. The van der Waals surface area contributed by atoms with Gasteiger partial charge in [-0.05, 0) is 24.3 Å². The van der Waals surface area contributed by atoms with Crippen molar-refractivity contribution in [2.24, 2.45) is 0 Å². The van der Waals surface area contributed by atoms with Gasteiger partial charge >= 0.3 is 0 Å². The van der Waals surface area contributed by atoms with Gasteiger partial charge in [-0.1, -0.05) is 17.7 Å². The Labute approximate surface area is 155 Å². The van der Waals surface area contributed by atoms with Crippen molar-refractivity contribution in [2.45, 2.75) is 0 Å². The number of carbonyl (C=O) groups excluding carboxylic acids is 3. The molecule has 1 fully saturated rings. The Kier molecular flexibility index (Phi) is 5.48. The summed E-state index contributed by atoms with van der Waals surface area (Å²) in [5, 5.41) is 3.24. The van der Waals surface area contributed by atoms with E-state index in [1.165, 1.54) is 18.5 Å². The third kappa shape index (κ3) is 4.18. The molecule has 2 heterocycles. The van der Waals surface area contributed by atoms with E-state index < -0.39 is 0 Å². The summed E-state index contributed by atoms with van der Waals surface area (Å²) in [6.07, 6.45) is 3.62. The van der Waals surface area contributed by atoms with Crippen molar-refractivity contribution in [2.75, 3.05) is 31.5 Å². The number of pyridine rings is 1. The van der Waals surface area contributed by atoms with Gasteiger partial charge in [0.05, 0.1) is 11.1 Å². The molecule has 1 aliphatic heterocycles. The van der Waals surface area contributed by atoms with Gasteiger partial charge < -0.3 is 15.1 Å². The summed E-state index contributed by atoms with van der Waals surface area (Å²) in [6, 6.07) is 8.31. The lowest BCUT2D eigenvalue weighted by molar-refractivity contribution is -0.119. The van der Waals surface area contributed by atoms with Crippen LogP contribution in [0.15, 0.2) is 42.7 Å². The fraction of sp³-hybridized carbons (Fsp3) is 0.222. The number of nitrogens with one attached hydrogen (secondary N) is 1. The van der Waals surface area contributed by atoms with E-state index in [1.54, 1.807) is 34.1 Å². The van der Waals surface area contributed by atoms with Crippen molar-refractivity contribution in [1.29, 1.82) is 0 Å². The number of hydrogen-bond acceptors (Lipinski definition) is 4. The van der Waals surface area contributed by atoms with Crippen LogP contribution in [0.2, 0.25) is 5.02 Å². The van der Waals surface area contributed by atoms with E-state index in [0.29, 0.717) is 42.5 Å². The maximum Gasteiger partial charge on any atom is 0.257 e. The van der Waals surface area contributed by atoms with Crippen LogP contribution in [0.1, 0.15) is 20.7 Å². The van der Waals surface area contributed by atoms with Crippen LogP contribution in [0.4, 0.5) is 5.69 Å². The Bertz CT molecular complexity index is 835. The third-order valence-electron chi connectivity index (χ3n) is 4.08. The summed E-state index contributed by atoms with van der Waals surface area (Å²) in [5.74, 6) is -0.583. The predicted octanol–water partition coefficient (Wildman–Crippen LogP) is 1.90. The highest BCUT2D eigenvalue weighted by Crippen LogP contribution is 2.16. The molecule has 2 aromatic rings. The van der Waals surface area contributed by atoms with Crippen molar-refractivity contribution in [3.8, 4) is 0 Å². The molecule has 1 aliphatic rings. The van der Waals surface area contributed by atoms with Gasteiger partial charge in [0.1, 0.15) is 0 Å². The summed E-state index contributed by atoms with van der Waals surface area (Å²) in [7, 11) is 0. The van der Waals surface area contributed by atoms with Crippen LogP contribution in [0, 0.1) is 0 Å². The van der Waals surface area contributed by atoms with E-state index in [1.807, 2.05) is 0 Å². The van der Waals surface area contributed by atoms with Crippen molar-refractivity contribution < 1.29 is 14.4 Å². The molecule has 134 valence electrons. The number of benzene rings is 1. The molecule has 1 N–H and O–H groups in total. The van der Waals surface area contributed by atoms with E-state index in [-0.39, 0.29) is 17.4 Å². The monoisotopic (exact) mass is 372 g/mol. The molecule has 0 aliphatic carbocycles. The lowest BCUT2D eigenvalue weighted by Gasteiger charge is -2.32. The largest absolute Gasteiger partial charge is 0.342 e. The summed E-state index contributed by atoms with van der Waals surface area (Å²) >= 11 is 5.91. The Balaban J connectivity index is 1.70. The summed E-state index contributed by atoms with van der Waals surface area (Å²) in [4.78, 5) is 43.0. The number of anilines is 1. The number of carbonyl (C=O) groups is 3. The van der Waals surface area contributed by atoms with Crippen molar-refractivity contribution in [3.63, 3.8) is 0 Å². The molecule has 26 heavy (non-hydrogen) atoms. The molecular weight excluding hydrogens is 356 g/mol. The average molecular weight is 373 g/mol. The molecule has 1 aromatic carbocycles. The van der Waals surface area contributed by atoms with Gasteiger partial charge in [0, 0.05) is 49.3 Å². The lowest BCUT2D eigenvalue weighted by atomic mass is 10.1. The first kappa shape index (κ1) is 17.9. The van der Waals surface area contributed by atoms with Crippen LogP contribution in [0.3, 0.4) is 0 Å². The molecule has 0 bridgehead atoms. The van der Waals surface area contributed by atoms with Crippen LogP contribution in [0.25, 0.3) is 0 Å². The number of rotatable bonds is 4. The molecular formula is C18H17ClN4O3. The number of aromatic nitrogens is 1. The molecule has 0 saturated carbocycles. The zero-order valence-electron chi connectivity index (χ0n) is 13.9. The van der Waals surface area contributed by atoms with Gasteiger partial charge in [-0.3, -0.25) is 19.4 Å². The number of nitrogens with zero attached hydrogens (tertiary/aromatic N) is 3. The smallest absolute Gasteiger partial charge is 0.257 e. The topological polar surface area (TPSA) is 82.6 Å². The molecule has 8 heteroatoms. The molecule has 0 unspecified atom stereocenters. The number of amides is 3. The van der Waals surface area contributed by atoms with Crippen LogP contribution in [-0.4, -0.2) is 59.2 Å².